The van der Waals surface area contributed by atoms with Crippen LogP contribution in [0.2, 0.25) is 0 Å². The minimum Gasteiger partial charge on any atom is -0.454 e. The molecule has 0 aromatic carbocycles. The van der Waals surface area contributed by atoms with E-state index in [0.717, 1.165) is 6.42 Å². The Morgan fingerprint density at radius 3 is 2.26 bits per heavy atom. The van der Waals surface area contributed by atoms with Gasteiger partial charge in [0.15, 0.2) is 17.7 Å². The van der Waals surface area contributed by atoms with Gasteiger partial charge in [-0.15, -0.1) is 0 Å². The fraction of sp³-hybridized carbons (Fsp3) is 0.720. The van der Waals surface area contributed by atoms with E-state index in [1.807, 2.05) is 0 Å². The third-order valence-corrected chi connectivity index (χ3v) is 6.47. The van der Waals surface area contributed by atoms with E-state index in [0.29, 0.717) is 24.7 Å². The lowest BCUT2D eigenvalue weighted by molar-refractivity contribution is -0.163. The number of esters is 1. The summed E-state index contributed by atoms with van der Waals surface area (Å²) in [6, 6.07) is 0. The quantitative estimate of drug-likeness (QED) is 0.365. The Morgan fingerprint density at radius 2 is 1.71 bits per heavy atom. The number of ether oxygens (including phenoxy) is 3. The lowest BCUT2D eigenvalue weighted by Gasteiger charge is -2.42. The van der Waals surface area contributed by atoms with Crippen LogP contribution in [-0.4, -0.2) is 43.6 Å². The van der Waals surface area contributed by atoms with Crippen LogP contribution in [0.3, 0.4) is 0 Å². The zero-order chi connectivity index (χ0) is 23.3. The molecular formula is C25H38O6. The van der Waals surface area contributed by atoms with E-state index in [9.17, 15) is 14.4 Å². The van der Waals surface area contributed by atoms with Gasteiger partial charge in [-0.05, 0) is 82.8 Å². The minimum absolute atomic E-state index is 0.0117. The molecule has 0 N–H and O–H groups in total. The van der Waals surface area contributed by atoms with E-state index < -0.39 is 23.6 Å². The highest BCUT2D eigenvalue weighted by molar-refractivity contribution is 6.02. The number of allylic oxidation sites excluding steroid dienone is 2. The number of carbonyl (C=O) groups excluding carboxylic acids is 3. The van der Waals surface area contributed by atoms with E-state index >= 15 is 0 Å². The Bertz CT molecular complexity index is 727. The first-order valence-corrected chi connectivity index (χ1v) is 11.2. The van der Waals surface area contributed by atoms with Crippen molar-refractivity contribution in [3.8, 4) is 0 Å². The summed E-state index contributed by atoms with van der Waals surface area (Å²) in [5.41, 5.74) is 0.478. The van der Waals surface area contributed by atoms with Crippen LogP contribution in [0.4, 0.5) is 0 Å². The van der Waals surface area contributed by atoms with E-state index in [-0.39, 0.29) is 30.2 Å². The van der Waals surface area contributed by atoms with Crippen LogP contribution < -0.4 is 0 Å². The van der Waals surface area contributed by atoms with Crippen LogP contribution in [0.15, 0.2) is 23.8 Å². The van der Waals surface area contributed by atoms with Gasteiger partial charge in [-0.25, -0.2) is 0 Å². The molecular weight excluding hydrogens is 396 g/mol. The number of hydrogen-bond acceptors (Lipinski definition) is 6. The molecule has 0 saturated heterocycles. The second-order valence-corrected chi connectivity index (χ2v) is 10.2. The smallest absolute Gasteiger partial charge is 0.311 e. The number of ketones is 2. The number of rotatable bonds is 5. The van der Waals surface area contributed by atoms with Crippen molar-refractivity contribution in [1.82, 2.24) is 0 Å². The van der Waals surface area contributed by atoms with Gasteiger partial charge in [0, 0.05) is 7.11 Å². The fourth-order valence-electron chi connectivity index (χ4n) is 4.55. The molecule has 0 aromatic heterocycles. The summed E-state index contributed by atoms with van der Waals surface area (Å²) in [6.07, 6.45) is 5.01. The van der Waals surface area contributed by atoms with Gasteiger partial charge in [0.1, 0.15) is 12.9 Å². The Balaban J connectivity index is 2.47. The van der Waals surface area contributed by atoms with Gasteiger partial charge in [-0.1, -0.05) is 25.5 Å². The first-order valence-electron chi connectivity index (χ1n) is 11.2. The van der Waals surface area contributed by atoms with Crippen molar-refractivity contribution in [2.45, 2.75) is 73.0 Å². The molecule has 0 bridgehead atoms. The highest BCUT2D eigenvalue weighted by Gasteiger charge is 2.41. The molecule has 0 aromatic rings. The van der Waals surface area contributed by atoms with E-state index in [1.165, 1.54) is 24.8 Å². The van der Waals surface area contributed by atoms with Crippen LogP contribution in [0.1, 0.15) is 60.8 Å². The molecule has 6 nitrogen and oxygen atoms in total. The van der Waals surface area contributed by atoms with Crippen LogP contribution >= 0.6 is 0 Å². The number of fused-ring (bicyclic) bond motifs is 1. The molecule has 5 atom stereocenters. The first kappa shape index (κ1) is 25.5. The third kappa shape index (κ3) is 6.59. The van der Waals surface area contributed by atoms with Gasteiger partial charge >= 0.3 is 5.97 Å². The average molecular weight is 435 g/mol. The van der Waals surface area contributed by atoms with Gasteiger partial charge in [0.25, 0.3) is 0 Å². The maximum Gasteiger partial charge on any atom is 0.311 e. The molecule has 0 radical (unpaired) electrons. The largest absolute Gasteiger partial charge is 0.454 e. The van der Waals surface area contributed by atoms with Crippen molar-refractivity contribution in [1.29, 1.82) is 0 Å². The predicted molar refractivity (Wildman–Crippen MR) is 118 cm³/mol. The normalized spacial score (nSPS) is 31.1. The van der Waals surface area contributed by atoms with Crippen molar-refractivity contribution in [2.24, 2.45) is 29.1 Å². The Labute approximate surface area is 186 Å². The zero-order valence-corrected chi connectivity index (χ0v) is 20.0. The van der Waals surface area contributed by atoms with Crippen molar-refractivity contribution in [3.05, 3.63) is 23.8 Å². The molecule has 0 aliphatic heterocycles. The molecule has 0 unspecified atom stereocenters. The van der Waals surface area contributed by atoms with E-state index in [2.05, 4.69) is 26.8 Å². The predicted octanol–water partition coefficient (Wildman–Crippen LogP) is 4.28. The monoisotopic (exact) mass is 434 g/mol. The van der Waals surface area contributed by atoms with Crippen molar-refractivity contribution < 1.29 is 28.6 Å². The summed E-state index contributed by atoms with van der Waals surface area (Å²) in [6.45, 7) is 11.7. The van der Waals surface area contributed by atoms with Gasteiger partial charge in [-0.2, -0.15) is 0 Å². The molecule has 0 amide bonds. The molecule has 0 heterocycles. The lowest BCUT2D eigenvalue weighted by atomic mass is 9.64. The van der Waals surface area contributed by atoms with Crippen molar-refractivity contribution in [2.75, 3.05) is 13.9 Å². The summed E-state index contributed by atoms with van der Waals surface area (Å²) in [5, 5.41) is 0. The maximum absolute atomic E-state index is 13.0. The van der Waals surface area contributed by atoms with Crippen molar-refractivity contribution in [3.63, 3.8) is 0 Å². The van der Waals surface area contributed by atoms with Gasteiger partial charge in [0.2, 0.25) is 0 Å². The standard InChI is InChI=1S/C25H38O6/c1-15(2)17-9-8-16(3)18-12-22(30-14-29-7)20(26)10-11-21(27)23(13-19(17)18)31-24(28)25(4,5)6/h8,10-11,15,17-19,22-23H,9,12-14H2,1-7H3/b11-10+/t17-,18+,19-,22+,23-/m1/s1. The number of methoxy groups -OCH3 is 1. The second-order valence-electron chi connectivity index (χ2n) is 10.2. The fourth-order valence-corrected chi connectivity index (χ4v) is 4.55. The topological polar surface area (TPSA) is 78.9 Å². The van der Waals surface area contributed by atoms with Gasteiger partial charge in [-0.3, -0.25) is 14.4 Å². The molecule has 174 valence electrons. The average Bonchev–Trinajstić information content (AvgIpc) is 2.68. The SMILES string of the molecule is COCO[C@H]1C[C@H]2C(C)=CC[C@H](C(C)C)[C@H]2C[C@@H](OC(=O)C(C)(C)C)C(=O)/C=C/C1=O. The van der Waals surface area contributed by atoms with Gasteiger partial charge < -0.3 is 14.2 Å². The van der Waals surface area contributed by atoms with Crippen molar-refractivity contribution >= 4 is 17.5 Å². The maximum atomic E-state index is 13.0. The van der Waals surface area contributed by atoms with E-state index in [1.54, 1.807) is 20.8 Å². The molecule has 0 spiro atoms. The molecule has 0 saturated carbocycles. The summed E-state index contributed by atoms with van der Waals surface area (Å²) in [4.78, 5) is 38.4. The minimum atomic E-state index is -0.896. The summed E-state index contributed by atoms with van der Waals surface area (Å²) >= 11 is 0. The zero-order valence-electron chi connectivity index (χ0n) is 20.0. The highest BCUT2D eigenvalue weighted by Crippen LogP contribution is 2.44. The molecule has 2 aliphatic rings. The third-order valence-electron chi connectivity index (χ3n) is 6.47. The molecule has 31 heavy (non-hydrogen) atoms. The van der Waals surface area contributed by atoms with Crippen LogP contribution in [-0.2, 0) is 28.6 Å². The first-order chi connectivity index (χ1) is 14.5. The highest BCUT2D eigenvalue weighted by atomic mass is 16.7. The lowest BCUT2D eigenvalue weighted by Crippen LogP contribution is -2.41. The Kier molecular flexibility index (Phi) is 8.78. The molecule has 2 aliphatic carbocycles. The number of carbonyl (C=O) groups is 3. The second kappa shape index (κ2) is 10.7. The van der Waals surface area contributed by atoms with Crippen LogP contribution in [0, 0.1) is 29.1 Å². The molecule has 2 rings (SSSR count). The Morgan fingerprint density at radius 1 is 1.10 bits per heavy atom. The molecule has 6 heteroatoms. The van der Waals surface area contributed by atoms with Crippen LogP contribution in [0.5, 0.6) is 0 Å². The van der Waals surface area contributed by atoms with E-state index in [4.69, 9.17) is 14.2 Å². The van der Waals surface area contributed by atoms with Crippen LogP contribution in [0.25, 0.3) is 0 Å². The van der Waals surface area contributed by atoms with Gasteiger partial charge in [0.05, 0.1) is 5.41 Å². The molecule has 0 fully saturated rings. The number of hydrogen-bond donors (Lipinski definition) is 0. The Hall–Kier alpha value is -1.79. The summed E-state index contributed by atoms with van der Waals surface area (Å²) < 4.78 is 16.4. The summed E-state index contributed by atoms with van der Waals surface area (Å²) in [5.74, 6) is -0.179. The summed E-state index contributed by atoms with van der Waals surface area (Å²) in [7, 11) is 1.52.